The van der Waals surface area contributed by atoms with E-state index >= 15 is 0 Å². The summed E-state index contributed by atoms with van der Waals surface area (Å²) in [5.41, 5.74) is 0.140. The van der Waals surface area contributed by atoms with Crippen LogP contribution in [0.5, 0.6) is 0 Å². The molecule has 0 aromatic heterocycles. The van der Waals surface area contributed by atoms with Crippen LogP contribution < -0.4 is 0 Å². The van der Waals surface area contributed by atoms with Crippen LogP contribution in [0, 0.1) is 34.0 Å². The largest absolute Gasteiger partial charge is 0.481 e. The lowest BCUT2D eigenvalue weighted by atomic mass is 9.41. The van der Waals surface area contributed by atoms with Gasteiger partial charge in [-0.1, -0.05) is 13.3 Å². The van der Waals surface area contributed by atoms with Gasteiger partial charge in [0.1, 0.15) is 0 Å². The first-order chi connectivity index (χ1) is 11.2. The van der Waals surface area contributed by atoms with Crippen molar-refractivity contribution in [3.8, 4) is 0 Å². The summed E-state index contributed by atoms with van der Waals surface area (Å²) in [5, 5.41) is 9.98. The molecule has 2 bridgehead atoms. The lowest BCUT2D eigenvalue weighted by molar-refractivity contribution is -0.181. The standard InChI is InChI=1S/C21H34O3/c1-18-9-5-10-19(2,17(22)23)15(18)8-11-21-12-14(6-7-16(18)21)20(3,13-21)24-4/h14-16H,5-13H2,1-4H3,(H,22,23)/t14-,15+,16+,18-,19-,20-,21+/m1/s1. The third kappa shape index (κ3) is 1.91. The second kappa shape index (κ2) is 4.99. The van der Waals surface area contributed by atoms with E-state index in [0.717, 1.165) is 19.3 Å². The van der Waals surface area contributed by atoms with Crippen molar-refractivity contribution in [1.29, 1.82) is 0 Å². The molecule has 0 aliphatic heterocycles. The fourth-order valence-electron chi connectivity index (χ4n) is 8.27. The van der Waals surface area contributed by atoms with E-state index < -0.39 is 11.4 Å². The van der Waals surface area contributed by atoms with Crippen LogP contribution in [0.1, 0.15) is 78.6 Å². The van der Waals surface area contributed by atoms with Gasteiger partial charge in [-0.25, -0.2) is 0 Å². The summed E-state index contributed by atoms with van der Waals surface area (Å²) in [6.07, 6.45) is 10.5. The molecule has 1 N–H and O–H groups in total. The van der Waals surface area contributed by atoms with Crippen molar-refractivity contribution in [3.05, 3.63) is 0 Å². The van der Waals surface area contributed by atoms with E-state index in [-0.39, 0.29) is 11.0 Å². The number of hydrogen-bond acceptors (Lipinski definition) is 2. The van der Waals surface area contributed by atoms with Crippen molar-refractivity contribution in [1.82, 2.24) is 0 Å². The molecule has 4 saturated carbocycles. The Balaban J connectivity index is 1.73. The average Bonchev–Trinajstić information content (AvgIpc) is 2.73. The third-order valence-corrected chi connectivity index (χ3v) is 9.42. The summed E-state index contributed by atoms with van der Waals surface area (Å²) in [7, 11) is 1.89. The highest BCUT2D eigenvalue weighted by atomic mass is 16.5. The highest BCUT2D eigenvalue weighted by Crippen LogP contribution is 2.73. The molecule has 0 radical (unpaired) electrons. The maximum atomic E-state index is 12.1. The van der Waals surface area contributed by atoms with Gasteiger partial charge in [-0.2, -0.15) is 0 Å². The Kier molecular flexibility index (Phi) is 3.51. The van der Waals surface area contributed by atoms with Crippen molar-refractivity contribution in [3.63, 3.8) is 0 Å². The Hall–Kier alpha value is -0.570. The maximum absolute atomic E-state index is 12.1. The Morgan fingerprint density at radius 3 is 2.46 bits per heavy atom. The lowest BCUT2D eigenvalue weighted by Gasteiger charge is -2.63. The maximum Gasteiger partial charge on any atom is 0.309 e. The van der Waals surface area contributed by atoms with E-state index in [9.17, 15) is 9.90 Å². The van der Waals surface area contributed by atoms with Gasteiger partial charge < -0.3 is 9.84 Å². The minimum Gasteiger partial charge on any atom is -0.481 e. The third-order valence-electron chi connectivity index (χ3n) is 9.42. The molecule has 4 rings (SSSR count). The van der Waals surface area contributed by atoms with Gasteiger partial charge in [-0.05, 0) is 93.8 Å². The molecule has 0 amide bonds. The molecule has 4 aliphatic carbocycles. The second-order valence-electron chi connectivity index (χ2n) is 10.3. The fourth-order valence-corrected chi connectivity index (χ4v) is 8.27. The molecule has 0 saturated heterocycles. The number of carboxylic acid groups (broad SMARTS) is 1. The Labute approximate surface area is 146 Å². The van der Waals surface area contributed by atoms with Crippen molar-refractivity contribution in [2.45, 2.75) is 84.2 Å². The first kappa shape index (κ1) is 16.9. The lowest BCUT2D eigenvalue weighted by Crippen LogP contribution is -2.58. The van der Waals surface area contributed by atoms with Gasteiger partial charge in [0.15, 0.2) is 0 Å². The number of aliphatic carboxylic acids is 1. The van der Waals surface area contributed by atoms with Gasteiger partial charge in [0.25, 0.3) is 0 Å². The number of methoxy groups -OCH3 is 1. The first-order valence-electron chi connectivity index (χ1n) is 9.99. The number of carbonyl (C=O) groups is 1. The molecule has 3 heteroatoms. The second-order valence-corrected chi connectivity index (χ2v) is 10.3. The fraction of sp³-hybridized carbons (Fsp3) is 0.952. The van der Waals surface area contributed by atoms with Gasteiger partial charge in [-0.15, -0.1) is 0 Å². The zero-order chi connectivity index (χ0) is 17.4. The van der Waals surface area contributed by atoms with Crippen molar-refractivity contribution < 1.29 is 14.6 Å². The van der Waals surface area contributed by atoms with Gasteiger partial charge in [-0.3, -0.25) is 4.79 Å². The van der Waals surface area contributed by atoms with Crippen LogP contribution in [-0.4, -0.2) is 23.8 Å². The number of carboxylic acids is 1. The minimum atomic E-state index is -0.559. The highest BCUT2D eigenvalue weighted by Gasteiger charge is 2.67. The van der Waals surface area contributed by atoms with E-state index in [1.54, 1.807) is 0 Å². The highest BCUT2D eigenvalue weighted by molar-refractivity contribution is 5.75. The summed E-state index contributed by atoms with van der Waals surface area (Å²) in [6.45, 7) is 6.81. The Bertz CT molecular complexity index is 559. The van der Waals surface area contributed by atoms with Crippen molar-refractivity contribution in [2.24, 2.45) is 34.0 Å². The van der Waals surface area contributed by atoms with Gasteiger partial charge in [0.2, 0.25) is 0 Å². The average molecular weight is 335 g/mol. The zero-order valence-corrected chi connectivity index (χ0v) is 15.9. The summed E-state index contributed by atoms with van der Waals surface area (Å²) >= 11 is 0. The van der Waals surface area contributed by atoms with E-state index in [4.69, 9.17) is 4.74 Å². The van der Waals surface area contributed by atoms with Gasteiger partial charge in [0.05, 0.1) is 11.0 Å². The molecular formula is C21H34O3. The quantitative estimate of drug-likeness (QED) is 0.782. The summed E-state index contributed by atoms with van der Waals surface area (Å²) < 4.78 is 6.01. The van der Waals surface area contributed by atoms with Crippen LogP contribution in [-0.2, 0) is 9.53 Å². The minimum absolute atomic E-state index is 0.0444. The summed E-state index contributed by atoms with van der Waals surface area (Å²) in [5.74, 6) is 1.18. The zero-order valence-electron chi connectivity index (χ0n) is 15.9. The van der Waals surface area contributed by atoms with E-state index in [1.807, 2.05) is 14.0 Å². The first-order valence-corrected chi connectivity index (χ1v) is 9.99. The molecule has 4 aliphatic rings. The normalized spacial score (nSPS) is 56.4. The molecule has 0 heterocycles. The van der Waals surface area contributed by atoms with Crippen LogP contribution in [0.15, 0.2) is 0 Å². The molecule has 136 valence electrons. The van der Waals surface area contributed by atoms with Crippen LogP contribution in [0.2, 0.25) is 0 Å². The van der Waals surface area contributed by atoms with Gasteiger partial charge in [0, 0.05) is 7.11 Å². The van der Waals surface area contributed by atoms with E-state index in [1.165, 1.54) is 38.5 Å². The predicted molar refractivity (Wildman–Crippen MR) is 93.7 cm³/mol. The smallest absolute Gasteiger partial charge is 0.309 e. The number of fused-ring (bicyclic) bond motifs is 3. The SMILES string of the molecule is CO[C@]1(C)C[C@@]23CC[C@H]4[C@@](C)(CCC[C@@]4(C)C(=O)O)[C@@H]2CC[C@@H]1C3. The molecule has 4 fully saturated rings. The van der Waals surface area contributed by atoms with Crippen LogP contribution >= 0.6 is 0 Å². The van der Waals surface area contributed by atoms with Crippen molar-refractivity contribution in [2.75, 3.05) is 7.11 Å². The molecule has 7 atom stereocenters. The van der Waals surface area contributed by atoms with Crippen LogP contribution in [0.3, 0.4) is 0 Å². The van der Waals surface area contributed by atoms with E-state index in [0.29, 0.717) is 23.2 Å². The van der Waals surface area contributed by atoms with Gasteiger partial charge >= 0.3 is 5.97 Å². The molecular weight excluding hydrogens is 300 g/mol. The van der Waals surface area contributed by atoms with Crippen molar-refractivity contribution >= 4 is 5.97 Å². The monoisotopic (exact) mass is 334 g/mol. The van der Waals surface area contributed by atoms with E-state index in [2.05, 4.69) is 13.8 Å². The molecule has 0 unspecified atom stereocenters. The molecule has 0 aromatic carbocycles. The topological polar surface area (TPSA) is 46.5 Å². The molecule has 0 aromatic rings. The Morgan fingerprint density at radius 2 is 1.79 bits per heavy atom. The number of hydrogen-bond donors (Lipinski definition) is 1. The molecule has 1 spiro atoms. The Morgan fingerprint density at radius 1 is 1.04 bits per heavy atom. The van der Waals surface area contributed by atoms with Crippen LogP contribution in [0.4, 0.5) is 0 Å². The molecule has 24 heavy (non-hydrogen) atoms. The number of rotatable bonds is 2. The number of ether oxygens (including phenoxy) is 1. The molecule has 3 nitrogen and oxygen atoms in total. The van der Waals surface area contributed by atoms with Crippen LogP contribution in [0.25, 0.3) is 0 Å². The summed E-state index contributed by atoms with van der Waals surface area (Å²) in [6, 6.07) is 0. The summed E-state index contributed by atoms with van der Waals surface area (Å²) in [4.78, 5) is 12.1. The predicted octanol–water partition coefficient (Wildman–Crippen LogP) is 4.89.